The van der Waals surface area contributed by atoms with Crippen molar-refractivity contribution in [2.24, 2.45) is 0 Å². The van der Waals surface area contributed by atoms with E-state index in [4.69, 9.17) is 9.84 Å². The number of rotatable bonds is 3. The van der Waals surface area contributed by atoms with Gasteiger partial charge in [0.05, 0.1) is 7.11 Å². The normalized spacial score (nSPS) is 9.94. The lowest BCUT2D eigenvalue weighted by Crippen LogP contribution is -2.15. The molecule has 0 amide bonds. The first-order valence-corrected chi connectivity index (χ1v) is 4.55. The Bertz CT molecular complexity index is 462. The molecule has 0 spiro atoms. The minimum absolute atomic E-state index is 0.0275. The topological polar surface area (TPSA) is 83.8 Å². The number of hydrogen-bond acceptors (Lipinski definition) is 4. The summed E-state index contributed by atoms with van der Waals surface area (Å²) in [7, 11) is 1.33. The van der Waals surface area contributed by atoms with Crippen molar-refractivity contribution in [3.63, 3.8) is 0 Å². The summed E-state index contributed by atoms with van der Waals surface area (Å²) in [5.41, 5.74) is 0.898. The highest BCUT2D eigenvalue weighted by atomic mass is 16.5. The van der Waals surface area contributed by atoms with Gasteiger partial charge in [0.25, 0.3) is 5.78 Å². The van der Waals surface area contributed by atoms with Crippen LogP contribution in [0.15, 0.2) is 6.07 Å². The zero-order valence-corrected chi connectivity index (χ0v) is 9.20. The number of ketones is 1. The van der Waals surface area contributed by atoms with Crippen molar-refractivity contribution in [1.82, 2.24) is 0 Å². The molecule has 5 heteroatoms. The van der Waals surface area contributed by atoms with Crippen molar-refractivity contribution >= 4 is 11.8 Å². The van der Waals surface area contributed by atoms with Crippen LogP contribution in [0.2, 0.25) is 0 Å². The monoisotopic (exact) mass is 224 g/mol. The van der Waals surface area contributed by atoms with E-state index in [0.717, 1.165) is 0 Å². The first-order chi connectivity index (χ1) is 7.40. The van der Waals surface area contributed by atoms with Crippen molar-refractivity contribution < 1.29 is 24.5 Å². The van der Waals surface area contributed by atoms with E-state index in [1.54, 1.807) is 13.8 Å². The maximum atomic E-state index is 11.4. The Balaban J connectivity index is 3.47. The number of ether oxygens (including phenoxy) is 1. The molecule has 0 radical (unpaired) electrons. The largest absolute Gasteiger partial charge is 0.504 e. The van der Waals surface area contributed by atoms with E-state index in [-0.39, 0.29) is 17.1 Å². The van der Waals surface area contributed by atoms with Gasteiger partial charge in [-0.3, -0.25) is 4.79 Å². The number of methoxy groups -OCH3 is 1. The molecule has 1 aromatic rings. The summed E-state index contributed by atoms with van der Waals surface area (Å²) >= 11 is 0. The van der Waals surface area contributed by atoms with Crippen molar-refractivity contribution in [2.75, 3.05) is 7.11 Å². The number of carbonyl (C=O) groups excluding carboxylic acids is 1. The second-order valence-electron chi connectivity index (χ2n) is 3.36. The fourth-order valence-corrected chi connectivity index (χ4v) is 1.38. The zero-order chi connectivity index (χ0) is 12.5. The van der Waals surface area contributed by atoms with Gasteiger partial charge in [-0.1, -0.05) is 0 Å². The molecule has 0 fully saturated rings. The molecule has 1 aromatic carbocycles. The summed E-state index contributed by atoms with van der Waals surface area (Å²) in [5.74, 6) is -2.54. The number of aliphatic carboxylic acids is 1. The molecule has 0 aliphatic rings. The van der Waals surface area contributed by atoms with Crippen molar-refractivity contribution in [3.05, 3.63) is 22.8 Å². The van der Waals surface area contributed by atoms with Crippen LogP contribution < -0.4 is 4.74 Å². The number of carbonyl (C=O) groups is 2. The molecule has 0 saturated heterocycles. The van der Waals surface area contributed by atoms with Gasteiger partial charge in [0.15, 0.2) is 11.5 Å². The fourth-order valence-electron chi connectivity index (χ4n) is 1.38. The molecule has 0 aromatic heterocycles. The second-order valence-corrected chi connectivity index (χ2v) is 3.36. The number of phenolic OH excluding ortho intramolecular Hbond substituents is 1. The van der Waals surface area contributed by atoms with Gasteiger partial charge >= 0.3 is 5.97 Å². The Hall–Kier alpha value is -2.04. The van der Waals surface area contributed by atoms with Gasteiger partial charge in [-0.25, -0.2) is 4.79 Å². The maximum Gasteiger partial charge on any atom is 0.377 e. The lowest BCUT2D eigenvalue weighted by molar-refractivity contribution is -0.131. The Morgan fingerprint density at radius 2 is 1.81 bits per heavy atom. The summed E-state index contributed by atoms with van der Waals surface area (Å²) in [6, 6.07) is 1.23. The highest BCUT2D eigenvalue weighted by Gasteiger charge is 2.21. The summed E-state index contributed by atoms with van der Waals surface area (Å²) in [5, 5.41) is 18.3. The lowest BCUT2D eigenvalue weighted by atomic mass is 9.98. The van der Waals surface area contributed by atoms with E-state index in [1.807, 2.05) is 0 Å². The molecule has 16 heavy (non-hydrogen) atoms. The second kappa shape index (κ2) is 4.22. The summed E-state index contributed by atoms with van der Waals surface area (Å²) < 4.78 is 4.86. The molecule has 86 valence electrons. The van der Waals surface area contributed by atoms with E-state index < -0.39 is 11.8 Å². The van der Waals surface area contributed by atoms with Gasteiger partial charge in [-0.05, 0) is 31.0 Å². The molecular formula is C11H12O5. The average molecular weight is 224 g/mol. The zero-order valence-electron chi connectivity index (χ0n) is 9.20. The average Bonchev–Trinajstić information content (AvgIpc) is 2.25. The van der Waals surface area contributed by atoms with E-state index in [0.29, 0.717) is 11.1 Å². The standard InChI is InChI=1S/C11H12O5/c1-5-6(2)9(12)8(16-3)4-7(5)10(13)11(14)15/h4,12H,1-3H3,(H,14,15). The molecule has 1 rings (SSSR count). The summed E-state index contributed by atoms with van der Waals surface area (Å²) in [6.07, 6.45) is 0. The number of carboxylic acid groups (broad SMARTS) is 1. The van der Waals surface area contributed by atoms with Crippen LogP contribution >= 0.6 is 0 Å². The van der Waals surface area contributed by atoms with Crippen LogP contribution in [0.3, 0.4) is 0 Å². The maximum absolute atomic E-state index is 11.4. The van der Waals surface area contributed by atoms with Crippen molar-refractivity contribution in [3.8, 4) is 11.5 Å². The predicted molar refractivity (Wildman–Crippen MR) is 56.1 cm³/mol. The molecular weight excluding hydrogens is 212 g/mol. The smallest absolute Gasteiger partial charge is 0.377 e. The van der Waals surface area contributed by atoms with Crippen LogP contribution in [-0.2, 0) is 4.79 Å². The Labute approximate surface area is 92.3 Å². The van der Waals surface area contributed by atoms with Gasteiger partial charge in [0.2, 0.25) is 0 Å². The minimum Gasteiger partial charge on any atom is -0.504 e. The molecule has 0 heterocycles. The SMILES string of the molecule is COc1cc(C(=O)C(=O)O)c(C)c(C)c1O. The van der Waals surface area contributed by atoms with Crippen LogP contribution in [0.5, 0.6) is 11.5 Å². The van der Waals surface area contributed by atoms with E-state index in [2.05, 4.69) is 0 Å². The number of carboxylic acids is 1. The third-order valence-corrected chi connectivity index (χ3v) is 2.49. The summed E-state index contributed by atoms with van der Waals surface area (Å²) in [4.78, 5) is 22.0. The van der Waals surface area contributed by atoms with E-state index in [1.165, 1.54) is 13.2 Å². The number of aromatic hydroxyl groups is 1. The van der Waals surface area contributed by atoms with Crippen LogP contribution in [0.25, 0.3) is 0 Å². The molecule has 5 nitrogen and oxygen atoms in total. The molecule has 0 unspecified atom stereocenters. The molecule has 0 aliphatic heterocycles. The van der Waals surface area contributed by atoms with Crippen LogP contribution in [0.4, 0.5) is 0 Å². The van der Waals surface area contributed by atoms with Crippen LogP contribution in [0.1, 0.15) is 21.5 Å². The molecule has 2 N–H and O–H groups in total. The van der Waals surface area contributed by atoms with Gasteiger partial charge < -0.3 is 14.9 Å². The third-order valence-electron chi connectivity index (χ3n) is 2.49. The van der Waals surface area contributed by atoms with Gasteiger partial charge in [-0.15, -0.1) is 0 Å². The highest BCUT2D eigenvalue weighted by molar-refractivity contribution is 6.40. The number of hydrogen-bond donors (Lipinski definition) is 2. The Kier molecular flexibility index (Phi) is 3.17. The van der Waals surface area contributed by atoms with Gasteiger partial charge in [0.1, 0.15) is 0 Å². The molecule has 0 atom stereocenters. The van der Waals surface area contributed by atoms with E-state index in [9.17, 15) is 14.7 Å². The van der Waals surface area contributed by atoms with Crippen LogP contribution in [0, 0.1) is 13.8 Å². The first-order valence-electron chi connectivity index (χ1n) is 4.55. The number of Topliss-reactive ketones (excluding diaryl/α,β-unsaturated/α-hetero) is 1. The van der Waals surface area contributed by atoms with Crippen LogP contribution in [-0.4, -0.2) is 29.1 Å². The van der Waals surface area contributed by atoms with Crippen molar-refractivity contribution in [1.29, 1.82) is 0 Å². The fraction of sp³-hybridized carbons (Fsp3) is 0.273. The summed E-state index contributed by atoms with van der Waals surface area (Å²) in [6.45, 7) is 3.16. The third kappa shape index (κ3) is 1.84. The van der Waals surface area contributed by atoms with E-state index >= 15 is 0 Å². The minimum atomic E-state index is -1.53. The number of benzene rings is 1. The van der Waals surface area contributed by atoms with Crippen molar-refractivity contribution in [2.45, 2.75) is 13.8 Å². The predicted octanol–water partition coefficient (Wildman–Crippen LogP) is 1.28. The number of phenols is 1. The highest BCUT2D eigenvalue weighted by Crippen LogP contribution is 2.34. The lowest BCUT2D eigenvalue weighted by Gasteiger charge is -2.11. The molecule has 0 saturated carbocycles. The Morgan fingerprint density at radius 3 is 2.25 bits per heavy atom. The molecule has 0 bridgehead atoms. The molecule has 0 aliphatic carbocycles. The Morgan fingerprint density at radius 1 is 1.25 bits per heavy atom. The first kappa shape index (κ1) is 12.0. The van der Waals surface area contributed by atoms with Gasteiger partial charge in [-0.2, -0.15) is 0 Å². The quantitative estimate of drug-likeness (QED) is 0.597. The van der Waals surface area contributed by atoms with Gasteiger partial charge in [0, 0.05) is 5.56 Å².